The minimum Gasteiger partial charge on any atom is -0.512 e. The Labute approximate surface area is 110 Å². The molecule has 2 N–H and O–H groups in total. The molecule has 0 aliphatic heterocycles. The van der Waals surface area contributed by atoms with Gasteiger partial charge in [-0.1, -0.05) is 46.2 Å². The molecule has 0 aliphatic carbocycles. The third-order valence-electron chi connectivity index (χ3n) is 2.89. The molecule has 0 aliphatic rings. The molecule has 0 aromatic heterocycles. The van der Waals surface area contributed by atoms with E-state index in [0.717, 1.165) is 24.8 Å². The van der Waals surface area contributed by atoms with Crippen LogP contribution in [0.1, 0.15) is 51.7 Å². The Kier molecular flexibility index (Phi) is 5.23. The van der Waals surface area contributed by atoms with Gasteiger partial charge in [-0.15, -0.1) is 0 Å². The summed E-state index contributed by atoms with van der Waals surface area (Å²) in [5.74, 6) is 0.561. The average molecular weight is 250 g/mol. The van der Waals surface area contributed by atoms with Crippen LogP contribution in [0.4, 0.5) is 0 Å². The lowest BCUT2D eigenvalue weighted by atomic mass is 9.81. The molecule has 0 amide bonds. The van der Waals surface area contributed by atoms with Crippen molar-refractivity contribution in [2.75, 3.05) is 0 Å². The molecular weight excluding hydrogens is 227 g/mol. The van der Waals surface area contributed by atoms with Crippen LogP contribution in [0.2, 0.25) is 0 Å². The molecule has 18 heavy (non-hydrogen) atoms. The molecule has 1 rings (SSSR count). The summed E-state index contributed by atoms with van der Waals surface area (Å²) in [6.07, 6.45) is 3.24. The number of unbranched alkanes of at least 4 members (excludes halogenated alkanes) is 1. The van der Waals surface area contributed by atoms with Crippen LogP contribution in [0.5, 0.6) is 5.75 Å². The molecule has 0 saturated carbocycles. The van der Waals surface area contributed by atoms with Crippen molar-refractivity contribution in [3.63, 3.8) is 0 Å². The van der Waals surface area contributed by atoms with Crippen molar-refractivity contribution in [3.8, 4) is 5.75 Å². The van der Waals surface area contributed by atoms with E-state index < -0.39 is 7.32 Å². The first kappa shape index (κ1) is 15.1. The fraction of sp³-hybridized carbons (Fsp3) is 0.571. The van der Waals surface area contributed by atoms with E-state index in [4.69, 9.17) is 14.7 Å². The van der Waals surface area contributed by atoms with Gasteiger partial charge < -0.3 is 14.7 Å². The van der Waals surface area contributed by atoms with Crippen LogP contribution in [0.3, 0.4) is 0 Å². The summed E-state index contributed by atoms with van der Waals surface area (Å²) in [5.41, 5.74) is 2.20. The lowest BCUT2D eigenvalue weighted by Crippen LogP contribution is -2.24. The largest absolute Gasteiger partial charge is 0.707 e. The first-order valence-corrected chi connectivity index (χ1v) is 6.51. The van der Waals surface area contributed by atoms with Gasteiger partial charge in [-0.25, -0.2) is 0 Å². The summed E-state index contributed by atoms with van der Waals surface area (Å²) >= 11 is 0. The van der Waals surface area contributed by atoms with Gasteiger partial charge in [0.1, 0.15) is 5.75 Å². The fourth-order valence-electron chi connectivity index (χ4n) is 2.22. The fourth-order valence-corrected chi connectivity index (χ4v) is 2.22. The minimum atomic E-state index is -1.77. The van der Waals surface area contributed by atoms with Crippen molar-refractivity contribution >= 4 is 7.32 Å². The zero-order chi connectivity index (χ0) is 13.8. The van der Waals surface area contributed by atoms with E-state index in [1.165, 1.54) is 5.56 Å². The summed E-state index contributed by atoms with van der Waals surface area (Å²) in [4.78, 5) is 0. The molecule has 3 nitrogen and oxygen atoms in total. The number of rotatable bonds is 5. The van der Waals surface area contributed by atoms with Gasteiger partial charge in [0.15, 0.2) is 0 Å². The highest BCUT2D eigenvalue weighted by atomic mass is 16.6. The van der Waals surface area contributed by atoms with Crippen LogP contribution in [0.25, 0.3) is 0 Å². The third kappa shape index (κ3) is 4.04. The molecule has 0 radical (unpaired) electrons. The lowest BCUT2D eigenvalue weighted by molar-refractivity contribution is 0.284. The van der Waals surface area contributed by atoms with Crippen molar-refractivity contribution in [2.45, 2.75) is 52.4 Å². The van der Waals surface area contributed by atoms with Gasteiger partial charge in [-0.3, -0.25) is 0 Å². The van der Waals surface area contributed by atoms with E-state index in [1.54, 1.807) is 6.07 Å². The van der Waals surface area contributed by atoms with Crippen LogP contribution in [-0.2, 0) is 11.8 Å². The number of hydrogen-bond acceptors (Lipinski definition) is 3. The summed E-state index contributed by atoms with van der Waals surface area (Å²) in [5, 5.41) is 18.0. The normalized spacial score (nSPS) is 11.4. The van der Waals surface area contributed by atoms with Gasteiger partial charge in [-0.05, 0) is 29.9 Å². The van der Waals surface area contributed by atoms with E-state index in [2.05, 4.69) is 33.8 Å². The monoisotopic (exact) mass is 250 g/mol. The molecule has 0 bridgehead atoms. The lowest BCUT2D eigenvalue weighted by Gasteiger charge is -2.26. The standard InChI is InChI=1S/C14H23BO3/c1-5-6-8-11-9-7-10-12(18-15(16)17)13(11)14(2,3)4/h7,9-10,16-17H,5-6,8H2,1-4H3. The second-order valence-corrected chi connectivity index (χ2v) is 5.59. The third-order valence-corrected chi connectivity index (χ3v) is 2.89. The summed E-state index contributed by atoms with van der Waals surface area (Å²) < 4.78 is 5.10. The highest BCUT2D eigenvalue weighted by Crippen LogP contribution is 2.35. The predicted octanol–water partition coefficient (Wildman–Crippen LogP) is 2.68. The topological polar surface area (TPSA) is 49.7 Å². The first-order chi connectivity index (χ1) is 8.36. The highest BCUT2D eigenvalue weighted by Gasteiger charge is 2.24. The molecular formula is C14H23BO3. The zero-order valence-corrected chi connectivity index (χ0v) is 11.7. The molecule has 100 valence electrons. The van der Waals surface area contributed by atoms with E-state index in [9.17, 15) is 0 Å². The van der Waals surface area contributed by atoms with E-state index >= 15 is 0 Å². The molecule has 1 aromatic carbocycles. The number of benzene rings is 1. The molecule has 0 saturated heterocycles. The maximum absolute atomic E-state index is 9.00. The second kappa shape index (κ2) is 6.25. The van der Waals surface area contributed by atoms with Gasteiger partial charge in [0.05, 0.1) is 0 Å². The van der Waals surface area contributed by atoms with Gasteiger partial charge in [0, 0.05) is 5.56 Å². The Morgan fingerprint density at radius 2 is 1.89 bits per heavy atom. The van der Waals surface area contributed by atoms with Gasteiger partial charge in [0.2, 0.25) is 0 Å². The minimum absolute atomic E-state index is 0.0887. The van der Waals surface area contributed by atoms with Crippen molar-refractivity contribution in [3.05, 3.63) is 29.3 Å². The number of hydrogen-bond donors (Lipinski definition) is 2. The van der Waals surface area contributed by atoms with Crippen LogP contribution in [0.15, 0.2) is 18.2 Å². The molecule has 0 atom stereocenters. The second-order valence-electron chi connectivity index (χ2n) is 5.59. The Hall–Kier alpha value is -0.995. The quantitative estimate of drug-likeness (QED) is 0.790. The molecule has 4 heteroatoms. The Morgan fingerprint density at radius 1 is 1.22 bits per heavy atom. The first-order valence-electron chi connectivity index (χ1n) is 6.51. The molecule has 0 heterocycles. The molecule has 0 fully saturated rings. The Balaban J connectivity index is 3.17. The number of aryl methyl sites for hydroxylation is 1. The van der Waals surface area contributed by atoms with E-state index in [1.807, 2.05) is 6.07 Å². The maximum atomic E-state index is 9.00. The summed E-state index contributed by atoms with van der Waals surface area (Å²) in [6, 6.07) is 5.78. The Morgan fingerprint density at radius 3 is 2.39 bits per heavy atom. The van der Waals surface area contributed by atoms with Crippen molar-refractivity contribution < 1.29 is 14.7 Å². The Bertz CT molecular complexity index is 383. The SMILES string of the molecule is CCCCc1cccc(OB(O)O)c1C(C)(C)C. The van der Waals surface area contributed by atoms with E-state index in [-0.39, 0.29) is 5.41 Å². The van der Waals surface area contributed by atoms with Gasteiger partial charge in [0.25, 0.3) is 0 Å². The molecule has 0 spiro atoms. The summed E-state index contributed by atoms with van der Waals surface area (Å²) in [6.45, 7) is 8.48. The van der Waals surface area contributed by atoms with E-state index in [0.29, 0.717) is 5.75 Å². The van der Waals surface area contributed by atoms with Crippen molar-refractivity contribution in [2.24, 2.45) is 0 Å². The zero-order valence-electron chi connectivity index (χ0n) is 11.7. The van der Waals surface area contributed by atoms with Gasteiger partial charge >= 0.3 is 7.32 Å². The van der Waals surface area contributed by atoms with Crippen LogP contribution in [-0.4, -0.2) is 17.4 Å². The smallest absolute Gasteiger partial charge is 0.512 e. The highest BCUT2D eigenvalue weighted by molar-refractivity contribution is 6.33. The predicted molar refractivity (Wildman–Crippen MR) is 74.6 cm³/mol. The van der Waals surface area contributed by atoms with Crippen LogP contribution in [0, 0.1) is 0 Å². The van der Waals surface area contributed by atoms with Crippen molar-refractivity contribution in [1.29, 1.82) is 0 Å². The summed E-state index contributed by atoms with van der Waals surface area (Å²) in [7, 11) is -1.77. The van der Waals surface area contributed by atoms with Gasteiger partial charge in [-0.2, -0.15) is 0 Å². The molecule has 1 aromatic rings. The van der Waals surface area contributed by atoms with Crippen LogP contribution < -0.4 is 4.65 Å². The van der Waals surface area contributed by atoms with Crippen LogP contribution >= 0.6 is 0 Å². The average Bonchev–Trinajstić information content (AvgIpc) is 2.23. The van der Waals surface area contributed by atoms with Crippen molar-refractivity contribution in [1.82, 2.24) is 0 Å². The maximum Gasteiger partial charge on any atom is 0.707 e. The molecule has 0 unspecified atom stereocenters.